The van der Waals surface area contributed by atoms with Crippen LogP contribution in [0.5, 0.6) is 23.0 Å². The Labute approximate surface area is 229 Å². The summed E-state index contributed by atoms with van der Waals surface area (Å²) >= 11 is 1.62. The summed E-state index contributed by atoms with van der Waals surface area (Å²) in [6.45, 7) is 2.44. The molecule has 4 aromatic rings. The Kier molecular flexibility index (Phi) is 5.63. The summed E-state index contributed by atoms with van der Waals surface area (Å²) in [5, 5.41) is 3.06. The molecule has 1 aliphatic heterocycles. The molecule has 0 amide bonds. The molecule has 0 bridgehead atoms. The fraction of sp³-hybridized carbons (Fsp3) is 0.290. The molecule has 7 rings (SSSR count). The number of thiazole rings is 1. The monoisotopic (exact) mass is 543 g/mol. The topological polar surface area (TPSA) is 66.9 Å². The number of halogens is 1. The van der Waals surface area contributed by atoms with Gasteiger partial charge in [-0.15, -0.1) is 11.3 Å². The summed E-state index contributed by atoms with van der Waals surface area (Å²) in [7, 11) is 1.41. The van der Waals surface area contributed by atoms with Crippen molar-refractivity contribution in [2.45, 2.75) is 37.7 Å². The van der Waals surface area contributed by atoms with Crippen LogP contribution in [-0.2, 0) is 21.4 Å². The Bertz CT molecular complexity index is 1600. The maximum absolute atomic E-state index is 15.1. The number of rotatable bonds is 6. The molecule has 39 heavy (non-hydrogen) atoms. The Morgan fingerprint density at radius 3 is 2.72 bits per heavy atom. The van der Waals surface area contributed by atoms with E-state index in [1.165, 1.54) is 13.2 Å². The molecule has 2 unspecified atom stereocenters. The molecule has 0 saturated heterocycles. The first kappa shape index (κ1) is 24.2. The molecule has 0 N–H and O–H groups in total. The van der Waals surface area contributed by atoms with E-state index in [1.54, 1.807) is 17.4 Å². The normalized spacial score (nSPS) is 22.2. The third kappa shape index (κ3) is 4.05. The van der Waals surface area contributed by atoms with Crippen molar-refractivity contribution in [1.82, 2.24) is 4.98 Å². The van der Waals surface area contributed by atoms with Crippen molar-refractivity contribution < 1.29 is 28.1 Å². The molecule has 1 spiro atoms. The van der Waals surface area contributed by atoms with Crippen molar-refractivity contribution in [2.75, 3.05) is 13.7 Å². The van der Waals surface area contributed by atoms with E-state index in [0.29, 0.717) is 48.0 Å². The van der Waals surface area contributed by atoms with Crippen molar-refractivity contribution in [2.24, 2.45) is 5.92 Å². The van der Waals surface area contributed by atoms with Gasteiger partial charge in [0.05, 0.1) is 30.3 Å². The number of carbonyl (C=O) groups is 1. The molecule has 2 aliphatic carbocycles. The van der Waals surface area contributed by atoms with Gasteiger partial charge in [0.25, 0.3) is 0 Å². The second kappa shape index (κ2) is 9.09. The van der Waals surface area contributed by atoms with Crippen LogP contribution >= 0.6 is 11.3 Å². The quantitative estimate of drug-likeness (QED) is 0.246. The average Bonchev–Trinajstić information content (AvgIpc) is 3.21. The van der Waals surface area contributed by atoms with Crippen LogP contribution in [0.15, 0.2) is 60.0 Å². The van der Waals surface area contributed by atoms with Crippen LogP contribution < -0.4 is 14.2 Å². The molecule has 3 atom stereocenters. The van der Waals surface area contributed by atoms with Gasteiger partial charge in [0.1, 0.15) is 34.9 Å². The molecule has 1 saturated carbocycles. The highest BCUT2D eigenvalue weighted by molar-refractivity contribution is 7.09. The zero-order chi connectivity index (χ0) is 26.7. The highest BCUT2D eigenvalue weighted by Gasteiger charge is 2.64. The largest absolute Gasteiger partial charge is 0.492 e. The molecule has 3 aromatic carbocycles. The molecular weight excluding hydrogens is 517 g/mol. The van der Waals surface area contributed by atoms with E-state index in [-0.39, 0.29) is 23.1 Å². The highest BCUT2D eigenvalue weighted by Crippen LogP contribution is 2.61. The van der Waals surface area contributed by atoms with E-state index in [4.69, 9.17) is 18.9 Å². The lowest BCUT2D eigenvalue weighted by atomic mass is 9.95. The van der Waals surface area contributed by atoms with Crippen LogP contribution in [0.4, 0.5) is 4.39 Å². The summed E-state index contributed by atoms with van der Waals surface area (Å²) in [5.74, 6) is 1.97. The van der Waals surface area contributed by atoms with Gasteiger partial charge in [0.2, 0.25) is 0 Å². The standard InChI is InChI=1S/C31H26FNO5S/c1-17-33-25(15-39-17)18-3-5-19(6-4-18)37-26-12-10-24(32)29-21(26)8-11-27(29)38-20-7-9-22-28(13-20)36-16-31(22)14-23(31)30(34)35-2/h3-7,9-10,12-13,15,23,27H,8,11,14,16H2,1-2H3/t23?,27-,31?/m1/s1. The summed E-state index contributed by atoms with van der Waals surface area (Å²) < 4.78 is 38.4. The summed E-state index contributed by atoms with van der Waals surface area (Å²) in [5.41, 5.74) is 4.05. The first-order valence-electron chi connectivity index (χ1n) is 13.0. The van der Waals surface area contributed by atoms with Crippen LogP contribution in [0.1, 0.15) is 40.6 Å². The van der Waals surface area contributed by atoms with E-state index in [2.05, 4.69) is 4.98 Å². The van der Waals surface area contributed by atoms with Crippen LogP contribution in [0.25, 0.3) is 11.3 Å². The zero-order valence-corrected chi connectivity index (χ0v) is 22.3. The molecule has 2 heterocycles. The predicted octanol–water partition coefficient (Wildman–Crippen LogP) is 6.94. The van der Waals surface area contributed by atoms with E-state index < -0.39 is 6.10 Å². The number of methoxy groups -OCH3 is 1. The maximum atomic E-state index is 15.1. The molecule has 6 nitrogen and oxygen atoms in total. The number of aryl methyl sites for hydroxylation is 1. The molecule has 3 aliphatic rings. The van der Waals surface area contributed by atoms with Gasteiger partial charge in [-0.2, -0.15) is 0 Å². The van der Waals surface area contributed by atoms with Crippen LogP contribution in [-0.4, -0.2) is 24.7 Å². The van der Waals surface area contributed by atoms with Crippen molar-refractivity contribution >= 4 is 17.3 Å². The van der Waals surface area contributed by atoms with E-state index in [0.717, 1.165) is 33.8 Å². The maximum Gasteiger partial charge on any atom is 0.309 e. The van der Waals surface area contributed by atoms with Gasteiger partial charge in [-0.1, -0.05) is 6.07 Å². The average molecular weight is 544 g/mol. The van der Waals surface area contributed by atoms with Crippen molar-refractivity contribution in [1.29, 1.82) is 0 Å². The minimum absolute atomic E-state index is 0.169. The van der Waals surface area contributed by atoms with E-state index in [1.807, 2.05) is 54.8 Å². The van der Waals surface area contributed by atoms with Crippen LogP contribution in [0.3, 0.4) is 0 Å². The molecule has 198 valence electrons. The smallest absolute Gasteiger partial charge is 0.309 e. The number of fused-ring (bicyclic) bond motifs is 3. The van der Waals surface area contributed by atoms with Gasteiger partial charge in [0.15, 0.2) is 0 Å². The molecular formula is C31H26FNO5S. The molecule has 1 fully saturated rings. The number of hydrogen-bond acceptors (Lipinski definition) is 7. The number of carbonyl (C=O) groups excluding carboxylic acids is 1. The predicted molar refractivity (Wildman–Crippen MR) is 144 cm³/mol. The third-order valence-corrected chi connectivity index (χ3v) is 8.82. The minimum Gasteiger partial charge on any atom is -0.492 e. The van der Waals surface area contributed by atoms with Crippen molar-refractivity contribution in [3.8, 4) is 34.3 Å². The number of benzene rings is 3. The lowest BCUT2D eigenvalue weighted by Crippen LogP contribution is -2.17. The van der Waals surface area contributed by atoms with Crippen molar-refractivity contribution in [3.05, 3.63) is 87.5 Å². The summed E-state index contributed by atoms with van der Waals surface area (Å²) in [4.78, 5) is 16.6. The number of esters is 1. The Morgan fingerprint density at radius 1 is 1.13 bits per heavy atom. The lowest BCUT2D eigenvalue weighted by molar-refractivity contribution is -0.142. The van der Waals surface area contributed by atoms with Crippen molar-refractivity contribution in [3.63, 3.8) is 0 Å². The molecule has 8 heteroatoms. The zero-order valence-electron chi connectivity index (χ0n) is 21.5. The fourth-order valence-electron chi connectivity index (χ4n) is 5.94. The Balaban J connectivity index is 1.09. The van der Waals surface area contributed by atoms with Gasteiger partial charge >= 0.3 is 5.97 Å². The lowest BCUT2D eigenvalue weighted by Gasteiger charge is -2.17. The third-order valence-electron chi connectivity index (χ3n) is 8.05. The number of aromatic nitrogens is 1. The van der Waals surface area contributed by atoms with E-state index >= 15 is 4.39 Å². The SMILES string of the molecule is COC(=O)C1CC12COc1cc(O[C@@H]3CCc4c(Oc5ccc(-c6csc(C)n6)cc5)ccc(F)c43)ccc12. The number of nitrogens with zero attached hydrogens (tertiary/aromatic N) is 1. The fourth-order valence-corrected chi connectivity index (χ4v) is 6.56. The van der Waals surface area contributed by atoms with Gasteiger partial charge in [0, 0.05) is 39.1 Å². The van der Waals surface area contributed by atoms with Gasteiger partial charge in [-0.3, -0.25) is 4.79 Å². The Hall–Kier alpha value is -3.91. The molecule has 1 aromatic heterocycles. The second-order valence-corrected chi connectivity index (χ2v) is 11.4. The van der Waals surface area contributed by atoms with E-state index in [9.17, 15) is 4.79 Å². The van der Waals surface area contributed by atoms with Crippen LogP contribution in [0.2, 0.25) is 0 Å². The van der Waals surface area contributed by atoms with Gasteiger partial charge in [-0.25, -0.2) is 9.37 Å². The van der Waals surface area contributed by atoms with Gasteiger partial charge < -0.3 is 18.9 Å². The summed E-state index contributed by atoms with van der Waals surface area (Å²) in [6, 6.07) is 16.6. The number of hydrogen-bond donors (Lipinski definition) is 0. The summed E-state index contributed by atoms with van der Waals surface area (Å²) in [6.07, 6.45) is 1.58. The van der Waals surface area contributed by atoms with Gasteiger partial charge in [-0.05, 0) is 68.7 Å². The Morgan fingerprint density at radius 2 is 1.95 bits per heavy atom. The van der Waals surface area contributed by atoms with Crippen LogP contribution in [0, 0.1) is 18.7 Å². The highest BCUT2D eigenvalue weighted by atomic mass is 32.1. The first-order valence-corrected chi connectivity index (χ1v) is 13.9. The molecule has 0 radical (unpaired) electrons. The number of ether oxygens (including phenoxy) is 4. The first-order chi connectivity index (χ1) is 18.9. The second-order valence-electron chi connectivity index (χ2n) is 10.3. The minimum atomic E-state index is -0.434.